The van der Waals surface area contributed by atoms with E-state index >= 15 is 0 Å². The van der Waals surface area contributed by atoms with Gasteiger partial charge in [0.25, 0.3) is 5.91 Å². The number of primary sulfonamides is 1. The summed E-state index contributed by atoms with van der Waals surface area (Å²) in [7, 11) is -3.72. The van der Waals surface area contributed by atoms with Gasteiger partial charge < -0.3 is 9.64 Å². The molecule has 1 aromatic carbocycles. The summed E-state index contributed by atoms with van der Waals surface area (Å²) in [6, 6.07) is 4.64. The van der Waals surface area contributed by atoms with Crippen molar-refractivity contribution in [2.45, 2.75) is 36.7 Å². The van der Waals surface area contributed by atoms with E-state index in [0.29, 0.717) is 26.0 Å². The van der Waals surface area contributed by atoms with E-state index in [1.54, 1.807) is 17.0 Å². The summed E-state index contributed by atoms with van der Waals surface area (Å²) in [4.78, 5) is 14.4. The van der Waals surface area contributed by atoms with Gasteiger partial charge in [-0.05, 0) is 49.9 Å². The standard InChI is InChI=1S/C14H18N2O4S/c1-14(6-2-8-20-14)13(17)16-7-5-10-9-11(21(15,18)19)3-4-12(10)16/h3-4,9H,2,5-8H2,1H3,(H2,15,18,19). The van der Waals surface area contributed by atoms with Crippen molar-refractivity contribution >= 4 is 21.6 Å². The molecule has 0 bridgehead atoms. The van der Waals surface area contributed by atoms with E-state index in [4.69, 9.17) is 9.88 Å². The molecule has 6 nitrogen and oxygen atoms in total. The predicted molar refractivity (Wildman–Crippen MR) is 77.5 cm³/mol. The van der Waals surface area contributed by atoms with Crippen LogP contribution in [0.2, 0.25) is 0 Å². The minimum absolute atomic E-state index is 0.0536. The maximum atomic E-state index is 12.7. The number of nitrogens with two attached hydrogens (primary N) is 1. The molecule has 3 rings (SSSR count). The van der Waals surface area contributed by atoms with Gasteiger partial charge in [0.15, 0.2) is 0 Å². The highest BCUT2D eigenvalue weighted by Crippen LogP contribution is 2.35. The number of fused-ring (bicyclic) bond motifs is 1. The molecular weight excluding hydrogens is 292 g/mol. The van der Waals surface area contributed by atoms with Crippen LogP contribution in [0.1, 0.15) is 25.3 Å². The summed E-state index contributed by atoms with van der Waals surface area (Å²) < 4.78 is 28.4. The number of rotatable bonds is 2. The second kappa shape index (κ2) is 4.79. The number of anilines is 1. The average Bonchev–Trinajstić information content (AvgIpc) is 3.03. The third-order valence-electron chi connectivity index (χ3n) is 4.19. The lowest BCUT2D eigenvalue weighted by Crippen LogP contribution is -2.46. The van der Waals surface area contributed by atoms with Gasteiger partial charge in [0.2, 0.25) is 10.0 Å². The molecule has 2 N–H and O–H groups in total. The largest absolute Gasteiger partial charge is 0.365 e. The Hall–Kier alpha value is -1.44. The summed E-state index contributed by atoms with van der Waals surface area (Å²) in [5.41, 5.74) is 0.820. The monoisotopic (exact) mass is 310 g/mol. The Morgan fingerprint density at radius 3 is 2.81 bits per heavy atom. The number of carbonyl (C=O) groups excluding carboxylic acids is 1. The third kappa shape index (κ3) is 2.45. The normalized spacial score (nSPS) is 25.1. The molecule has 2 aliphatic heterocycles. The molecule has 1 fully saturated rings. The van der Waals surface area contributed by atoms with Gasteiger partial charge in [-0.15, -0.1) is 0 Å². The molecule has 1 aromatic rings. The summed E-state index contributed by atoms with van der Waals surface area (Å²) in [6.45, 7) is 2.97. The van der Waals surface area contributed by atoms with E-state index in [2.05, 4.69) is 0 Å². The van der Waals surface area contributed by atoms with E-state index in [1.807, 2.05) is 6.92 Å². The van der Waals surface area contributed by atoms with Crippen LogP contribution in [0.15, 0.2) is 23.1 Å². The minimum atomic E-state index is -3.72. The number of sulfonamides is 1. The zero-order valence-electron chi connectivity index (χ0n) is 11.8. The van der Waals surface area contributed by atoms with Crippen molar-refractivity contribution in [1.29, 1.82) is 0 Å². The van der Waals surface area contributed by atoms with E-state index < -0.39 is 15.6 Å². The minimum Gasteiger partial charge on any atom is -0.365 e. The van der Waals surface area contributed by atoms with Gasteiger partial charge >= 0.3 is 0 Å². The first-order valence-electron chi connectivity index (χ1n) is 6.93. The third-order valence-corrected chi connectivity index (χ3v) is 5.10. The molecule has 21 heavy (non-hydrogen) atoms. The summed E-state index contributed by atoms with van der Waals surface area (Å²) in [6.07, 6.45) is 2.22. The molecule has 1 amide bonds. The maximum absolute atomic E-state index is 12.7. The van der Waals surface area contributed by atoms with Crippen molar-refractivity contribution in [1.82, 2.24) is 0 Å². The number of benzene rings is 1. The molecule has 1 saturated heterocycles. The van der Waals surface area contributed by atoms with E-state index in [-0.39, 0.29) is 10.8 Å². The van der Waals surface area contributed by atoms with Crippen molar-refractivity contribution in [3.8, 4) is 0 Å². The molecule has 0 aromatic heterocycles. The molecule has 114 valence electrons. The Kier molecular flexibility index (Phi) is 3.31. The van der Waals surface area contributed by atoms with Crippen LogP contribution in [0, 0.1) is 0 Å². The molecule has 0 saturated carbocycles. The number of hydrogen-bond acceptors (Lipinski definition) is 4. The van der Waals surface area contributed by atoms with Crippen LogP contribution in [0.5, 0.6) is 0 Å². The van der Waals surface area contributed by atoms with Crippen LogP contribution in [0.4, 0.5) is 5.69 Å². The lowest BCUT2D eigenvalue weighted by molar-refractivity contribution is -0.136. The van der Waals surface area contributed by atoms with E-state index in [0.717, 1.165) is 17.7 Å². The van der Waals surface area contributed by atoms with Crippen molar-refractivity contribution in [3.05, 3.63) is 23.8 Å². The molecule has 2 heterocycles. The van der Waals surface area contributed by atoms with Crippen LogP contribution in [-0.4, -0.2) is 33.1 Å². The molecule has 1 unspecified atom stereocenters. The molecule has 0 radical (unpaired) electrons. The average molecular weight is 310 g/mol. The van der Waals surface area contributed by atoms with Gasteiger partial charge in [0.05, 0.1) is 4.90 Å². The van der Waals surface area contributed by atoms with Crippen molar-refractivity contribution in [2.75, 3.05) is 18.1 Å². The van der Waals surface area contributed by atoms with Gasteiger partial charge in [-0.2, -0.15) is 0 Å². The van der Waals surface area contributed by atoms with Crippen LogP contribution in [0.3, 0.4) is 0 Å². The molecular formula is C14H18N2O4S. The zero-order valence-corrected chi connectivity index (χ0v) is 12.6. The van der Waals surface area contributed by atoms with Crippen molar-refractivity contribution < 1.29 is 17.9 Å². The summed E-state index contributed by atoms with van der Waals surface area (Å²) in [5, 5.41) is 5.14. The Balaban J connectivity index is 1.92. The SMILES string of the molecule is CC1(C(=O)N2CCc3cc(S(N)(=O)=O)ccc32)CCCO1. The number of carbonyl (C=O) groups is 1. The Morgan fingerprint density at radius 1 is 1.43 bits per heavy atom. The Labute approximate surface area is 123 Å². The maximum Gasteiger partial charge on any atom is 0.258 e. The molecule has 0 aliphatic carbocycles. The molecule has 7 heteroatoms. The lowest BCUT2D eigenvalue weighted by Gasteiger charge is -2.28. The van der Waals surface area contributed by atoms with Gasteiger partial charge in [-0.25, -0.2) is 13.6 Å². The topological polar surface area (TPSA) is 89.7 Å². The number of hydrogen-bond donors (Lipinski definition) is 1. The quantitative estimate of drug-likeness (QED) is 0.874. The van der Waals surface area contributed by atoms with Crippen LogP contribution in [0.25, 0.3) is 0 Å². The fraction of sp³-hybridized carbons (Fsp3) is 0.500. The van der Waals surface area contributed by atoms with E-state index in [1.165, 1.54) is 6.07 Å². The van der Waals surface area contributed by atoms with E-state index in [9.17, 15) is 13.2 Å². The molecule has 0 spiro atoms. The van der Waals surface area contributed by atoms with Gasteiger partial charge in [-0.3, -0.25) is 4.79 Å². The second-order valence-corrected chi connectivity index (χ2v) is 7.29. The fourth-order valence-electron chi connectivity index (χ4n) is 3.00. The van der Waals surface area contributed by atoms with Crippen LogP contribution in [-0.2, 0) is 26.0 Å². The summed E-state index contributed by atoms with van der Waals surface area (Å²) in [5.74, 6) is -0.0536. The number of nitrogens with zero attached hydrogens (tertiary/aromatic N) is 1. The van der Waals surface area contributed by atoms with Gasteiger partial charge in [0.1, 0.15) is 5.60 Å². The van der Waals surface area contributed by atoms with Gasteiger partial charge in [0, 0.05) is 18.8 Å². The first kappa shape index (κ1) is 14.5. The zero-order chi connectivity index (χ0) is 15.3. The number of amides is 1. The predicted octanol–water partition coefficient (Wildman–Crippen LogP) is 0.792. The lowest BCUT2D eigenvalue weighted by atomic mass is 10.0. The number of ether oxygens (including phenoxy) is 1. The Bertz CT molecular complexity index is 693. The van der Waals surface area contributed by atoms with Crippen molar-refractivity contribution in [3.63, 3.8) is 0 Å². The smallest absolute Gasteiger partial charge is 0.258 e. The fourth-order valence-corrected chi connectivity index (χ4v) is 3.56. The molecule has 1 atom stereocenters. The first-order valence-corrected chi connectivity index (χ1v) is 8.47. The summed E-state index contributed by atoms with van der Waals surface area (Å²) >= 11 is 0. The second-order valence-electron chi connectivity index (χ2n) is 5.73. The highest BCUT2D eigenvalue weighted by atomic mass is 32.2. The van der Waals surface area contributed by atoms with Crippen LogP contribution >= 0.6 is 0 Å². The molecule has 2 aliphatic rings. The van der Waals surface area contributed by atoms with Crippen molar-refractivity contribution in [2.24, 2.45) is 5.14 Å². The van der Waals surface area contributed by atoms with Gasteiger partial charge in [-0.1, -0.05) is 0 Å². The van der Waals surface area contributed by atoms with Crippen LogP contribution < -0.4 is 10.0 Å². The Morgan fingerprint density at radius 2 is 2.19 bits per heavy atom. The highest BCUT2D eigenvalue weighted by molar-refractivity contribution is 7.89. The highest BCUT2D eigenvalue weighted by Gasteiger charge is 2.42. The first-order chi connectivity index (χ1) is 9.81.